The normalized spacial score (nSPS) is 15.3. The lowest BCUT2D eigenvalue weighted by atomic mass is 10.2. The molecule has 2 heterocycles. The fraction of sp³-hybridized carbons (Fsp3) is 0.389. The summed E-state index contributed by atoms with van der Waals surface area (Å²) in [6.45, 7) is 4.32. The Morgan fingerprint density at radius 2 is 1.96 bits per heavy atom. The van der Waals surface area contributed by atoms with Crippen molar-refractivity contribution in [3.05, 3.63) is 50.7 Å². The number of nitrogens with one attached hydrogen (secondary N) is 1. The second kappa shape index (κ2) is 8.65. The fourth-order valence-corrected chi connectivity index (χ4v) is 2.81. The maximum Gasteiger partial charge on any atom is 0.335 e. The van der Waals surface area contributed by atoms with Gasteiger partial charge in [0, 0.05) is 25.8 Å². The molecule has 144 valence electrons. The Kier molecular flexibility index (Phi) is 6.05. The van der Waals surface area contributed by atoms with Crippen LogP contribution in [0.3, 0.4) is 0 Å². The van der Waals surface area contributed by atoms with Crippen LogP contribution in [-0.2, 0) is 4.74 Å². The van der Waals surface area contributed by atoms with Crippen molar-refractivity contribution in [2.24, 2.45) is 4.99 Å². The van der Waals surface area contributed by atoms with Crippen LogP contribution in [0.25, 0.3) is 5.69 Å². The first-order valence-electron chi connectivity index (χ1n) is 8.63. The van der Waals surface area contributed by atoms with Gasteiger partial charge in [0.2, 0.25) is 5.88 Å². The van der Waals surface area contributed by atoms with Gasteiger partial charge in [-0.25, -0.2) is 9.36 Å². The zero-order valence-corrected chi connectivity index (χ0v) is 15.1. The van der Waals surface area contributed by atoms with Crippen molar-refractivity contribution in [2.75, 3.05) is 46.5 Å². The molecule has 1 aliphatic heterocycles. The van der Waals surface area contributed by atoms with Gasteiger partial charge >= 0.3 is 5.69 Å². The lowest BCUT2D eigenvalue weighted by Gasteiger charge is -2.25. The molecule has 0 amide bonds. The van der Waals surface area contributed by atoms with Gasteiger partial charge in [-0.2, -0.15) is 0 Å². The van der Waals surface area contributed by atoms with Crippen LogP contribution >= 0.6 is 0 Å². The summed E-state index contributed by atoms with van der Waals surface area (Å²) in [7, 11) is 1.53. The first-order valence-corrected chi connectivity index (χ1v) is 8.63. The van der Waals surface area contributed by atoms with Gasteiger partial charge in [0.25, 0.3) is 5.56 Å². The van der Waals surface area contributed by atoms with Crippen LogP contribution in [0.4, 0.5) is 0 Å². The van der Waals surface area contributed by atoms with E-state index in [1.54, 1.807) is 24.3 Å². The number of aliphatic imine (C=N–C) groups is 1. The number of benzene rings is 1. The van der Waals surface area contributed by atoms with E-state index >= 15 is 0 Å². The van der Waals surface area contributed by atoms with Gasteiger partial charge in [0.15, 0.2) is 0 Å². The van der Waals surface area contributed by atoms with Crippen LogP contribution < -0.4 is 16.0 Å². The lowest BCUT2D eigenvalue weighted by molar-refractivity contribution is 0.0395. The second-order valence-electron chi connectivity index (χ2n) is 6.02. The summed E-state index contributed by atoms with van der Waals surface area (Å²) in [5, 5.41) is 10.5. The molecule has 1 saturated heterocycles. The van der Waals surface area contributed by atoms with Crippen molar-refractivity contribution >= 4 is 6.21 Å². The maximum absolute atomic E-state index is 12.2. The van der Waals surface area contributed by atoms with Gasteiger partial charge in [-0.15, -0.1) is 0 Å². The summed E-state index contributed by atoms with van der Waals surface area (Å²) in [5.41, 5.74) is -1.07. The van der Waals surface area contributed by atoms with Crippen molar-refractivity contribution in [1.82, 2.24) is 14.5 Å². The molecule has 1 aliphatic rings. The number of rotatable bonds is 6. The topological polar surface area (TPSA) is 109 Å². The van der Waals surface area contributed by atoms with E-state index in [2.05, 4.69) is 14.9 Å². The van der Waals surface area contributed by atoms with E-state index in [1.165, 1.54) is 13.3 Å². The highest BCUT2D eigenvalue weighted by molar-refractivity contribution is 5.82. The average molecular weight is 374 g/mol. The minimum absolute atomic E-state index is 0.0626. The highest BCUT2D eigenvalue weighted by atomic mass is 16.5. The minimum atomic E-state index is -0.729. The van der Waals surface area contributed by atoms with Gasteiger partial charge in [-0.05, 0) is 24.3 Å². The SMILES string of the molecule is COc1ccc(-n2c(O)c(C=NCCN3CCOCC3)c(=O)[nH]c2=O)cc1. The summed E-state index contributed by atoms with van der Waals surface area (Å²) < 4.78 is 11.4. The smallest absolute Gasteiger partial charge is 0.335 e. The molecule has 0 bridgehead atoms. The van der Waals surface area contributed by atoms with Crippen LogP contribution in [0, 0.1) is 0 Å². The van der Waals surface area contributed by atoms with Gasteiger partial charge in [0.1, 0.15) is 11.3 Å². The Labute approximate surface area is 155 Å². The summed E-state index contributed by atoms with van der Waals surface area (Å²) in [6.07, 6.45) is 1.30. The van der Waals surface area contributed by atoms with Crippen molar-refractivity contribution in [2.45, 2.75) is 0 Å². The molecule has 0 aliphatic carbocycles. The molecule has 2 aromatic rings. The number of morpholine rings is 1. The third-order valence-corrected chi connectivity index (χ3v) is 4.32. The molecule has 1 aromatic heterocycles. The number of ether oxygens (including phenoxy) is 2. The largest absolute Gasteiger partial charge is 0.497 e. The molecule has 0 unspecified atom stereocenters. The Bertz CT molecular complexity index is 911. The van der Waals surface area contributed by atoms with Crippen LogP contribution in [0.1, 0.15) is 5.56 Å². The standard InChI is InChI=1S/C18H22N4O5/c1-26-14-4-2-13(3-5-14)22-17(24)15(16(23)20-18(22)25)12-19-6-7-21-8-10-27-11-9-21/h2-5,12,24H,6-11H2,1H3,(H,20,23,25). The van der Waals surface area contributed by atoms with Crippen LogP contribution in [0.5, 0.6) is 11.6 Å². The van der Waals surface area contributed by atoms with E-state index in [4.69, 9.17) is 9.47 Å². The third-order valence-electron chi connectivity index (χ3n) is 4.32. The molecular weight excluding hydrogens is 352 g/mol. The van der Waals surface area contributed by atoms with Crippen molar-refractivity contribution in [1.29, 1.82) is 0 Å². The number of nitrogens with zero attached hydrogens (tertiary/aromatic N) is 3. The van der Waals surface area contributed by atoms with Crippen LogP contribution in [-0.4, -0.2) is 72.3 Å². The Morgan fingerprint density at radius 1 is 1.26 bits per heavy atom. The van der Waals surface area contributed by atoms with Crippen molar-refractivity contribution in [3.63, 3.8) is 0 Å². The molecule has 9 heteroatoms. The summed E-state index contributed by atoms with van der Waals surface area (Å²) >= 11 is 0. The minimum Gasteiger partial charge on any atom is -0.497 e. The molecule has 2 N–H and O–H groups in total. The van der Waals surface area contributed by atoms with E-state index < -0.39 is 17.1 Å². The summed E-state index contributed by atoms with van der Waals surface area (Å²) in [6, 6.07) is 6.53. The molecule has 0 atom stereocenters. The van der Waals surface area contributed by atoms with E-state index in [1.807, 2.05) is 0 Å². The van der Waals surface area contributed by atoms with Crippen LogP contribution in [0.15, 0.2) is 38.8 Å². The Morgan fingerprint density at radius 3 is 2.63 bits per heavy atom. The zero-order valence-electron chi connectivity index (χ0n) is 15.1. The molecule has 3 rings (SSSR count). The average Bonchev–Trinajstić information content (AvgIpc) is 2.68. The first-order chi connectivity index (χ1) is 13.1. The number of H-pyrrole nitrogens is 1. The highest BCUT2D eigenvalue weighted by Gasteiger charge is 2.14. The Hall–Kier alpha value is -2.91. The molecule has 9 nitrogen and oxygen atoms in total. The maximum atomic E-state index is 12.2. The molecule has 27 heavy (non-hydrogen) atoms. The van der Waals surface area contributed by atoms with Gasteiger partial charge in [-0.3, -0.25) is 19.7 Å². The number of hydrogen-bond acceptors (Lipinski definition) is 7. The summed E-state index contributed by atoms with van der Waals surface area (Å²) in [5.74, 6) is 0.157. The third kappa shape index (κ3) is 4.44. The zero-order chi connectivity index (χ0) is 19.2. The number of aromatic amines is 1. The number of methoxy groups -OCH3 is 1. The second-order valence-corrected chi connectivity index (χ2v) is 6.02. The molecule has 1 aromatic carbocycles. The predicted molar refractivity (Wildman–Crippen MR) is 101 cm³/mol. The van der Waals surface area contributed by atoms with Gasteiger partial charge in [0.05, 0.1) is 32.6 Å². The summed E-state index contributed by atoms with van der Waals surface area (Å²) in [4.78, 5) is 32.9. The highest BCUT2D eigenvalue weighted by Crippen LogP contribution is 2.18. The molecule has 0 spiro atoms. The first kappa shape index (κ1) is 18.9. The van der Waals surface area contributed by atoms with E-state index in [0.717, 1.165) is 24.2 Å². The predicted octanol–water partition coefficient (Wildman–Crippen LogP) is -0.00890. The van der Waals surface area contributed by atoms with Crippen molar-refractivity contribution < 1.29 is 14.6 Å². The van der Waals surface area contributed by atoms with Crippen LogP contribution in [0.2, 0.25) is 0 Å². The van der Waals surface area contributed by atoms with Gasteiger partial charge < -0.3 is 14.6 Å². The fourth-order valence-electron chi connectivity index (χ4n) is 2.81. The number of aromatic nitrogens is 2. The Balaban J connectivity index is 1.81. The number of aromatic hydroxyl groups is 1. The van der Waals surface area contributed by atoms with Crippen molar-refractivity contribution in [3.8, 4) is 17.3 Å². The molecular formula is C18H22N4O5. The van der Waals surface area contributed by atoms with E-state index in [-0.39, 0.29) is 5.56 Å². The lowest BCUT2D eigenvalue weighted by Crippen LogP contribution is -2.37. The monoisotopic (exact) mass is 374 g/mol. The molecule has 1 fully saturated rings. The molecule has 0 saturated carbocycles. The van der Waals surface area contributed by atoms with E-state index in [9.17, 15) is 14.7 Å². The van der Waals surface area contributed by atoms with Gasteiger partial charge in [-0.1, -0.05) is 0 Å². The van der Waals surface area contributed by atoms with E-state index in [0.29, 0.717) is 31.2 Å². The quantitative estimate of drug-likeness (QED) is 0.689. The molecule has 0 radical (unpaired) electrons. The number of hydrogen-bond donors (Lipinski definition) is 2.